The van der Waals surface area contributed by atoms with E-state index in [1.54, 1.807) is 12.1 Å². The molecule has 0 aliphatic carbocycles. The maximum absolute atomic E-state index is 12.1. The van der Waals surface area contributed by atoms with E-state index in [2.05, 4.69) is 26.2 Å². The minimum absolute atomic E-state index is 0.189. The van der Waals surface area contributed by atoms with Crippen molar-refractivity contribution in [2.24, 2.45) is 0 Å². The molecule has 0 radical (unpaired) electrons. The molecule has 1 amide bonds. The summed E-state index contributed by atoms with van der Waals surface area (Å²) in [6.45, 7) is 2.04. The quantitative estimate of drug-likeness (QED) is 0.912. The lowest BCUT2D eigenvalue weighted by atomic mass is 10.1. The number of rotatable bonds is 3. The third-order valence-electron chi connectivity index (χ3n) is 2.74. The molecule has 98 valence electrons. The van der Waals surface area contributed by atoms with Crippen molar-refractivity contribution < 1.29 is 4.79 Å². The number of pyridine rings is 1. The second-order valence-electron chi connectivity index (χ2n) is 4.08. The molecule has 3 N–H and O–H groups in total. The Labute approximate surface area is 120 Å². The van der Waals surface area contributed by atoms with E-state index in [0.29, 0.717) is 11.4 Å². The predicted octanol–water partition coefficient (Wildman–Crippen LogP) is 3.24. The maximum atomic E-state index is 12.1. The first-order valence-electron chi connectivity index (χ1n) is 5.91. The van der Waals surface area contributed by atoms with Crippen molar-refractivity contribution in [3.8, 4) is 0 Å². The Morgan fingerprint density at radius 3 is 2.84 bits per heavy atom. The van der Waals surface area contributed by atoms with E-state index in [0.717, 1.165) is 22.1 Å². The normalized spacial score (nSPS) is 10.2. The number of benzene rings is 1. The largest absolute Gasteiger partial charge is 0.384 e. The Morgan fingerprint density at radius 1 is 1.37 bits per heavy atom. The standard InChI is InChI=1S/C14H14BrN3O/c1-2-9-7-11(15)3-4-12(9)18-14(19)10-5-6-17-13(16)8-10/h3-8H,2H2,1H3,(H2,16,17)(H,18,19). The minimum atomic E-state index is -0.189. The highest BCUT2D eigenvalue weighted by molar-refractivity contribution is 9.10. The molecular formula is C14H14BrN3O. The number of hydrogen-bond donors (Lipinski definition) is 2. The molecule has 0 atom stereocenters. The van der Waals surface area contributed by atoms with Crippen LogP contribution in [0.5, 0.6) is 0 Å². The summed E-state index contributed by atoms with van der Waals surface area (Å²) in [7, 11) is 0. The summed E-state index contributed by atoms with van der Waals surface area (Å²) in [6, 6.07) is 8.97. The van der Waals surface area contributed by atoms with E-state index >= 15 is 0 Å². The van der Waals surface area contributed by atoms with Crippen LogP contribution in [0, 0.1) is 0 Å². The number of amides is 1. The number of nitrogens with one attached hydrogen (secondary N) is 1. The molecule has 1 aromatic carbocycles. The van der Waals surface area contributed by atoms with Gasteiger partial charge < -0.3 is 11.1 Å². The van der Waals surface area contributed by atoms with Gasteiger partial charge in [0.1, 0.15) is 5.82 Å². The van der Waals surface area contributed by atoms with E-state index in [4.69, 9.17) is 5.73 Å². The number of aryl methyl sites for hydroxylation is 1. The van der Waals surface area contributed by atoms with Crippen LogP contribution in [0.4, 0.5) is 11.5 Å². The molecular weight excluding hydrogens is 306 g/mol. The van der Waals surface area contributed by atoms with E-state index in [9.17, 15) is 4.79 Å². The third-order valence-corrected chi connectivity index (χ3v) is 3.23. The molecule has 5 heteroatoms. The van der Waals surface area contributed by atoms with Gasteiger partial charge in [0.25, 0.3) is 5.91 Å². The number of anilines is 2. The SMILES string of the molecule is CCc1cc(Br)ccc1NC(=O)c1ccnc(N)c1. The Hall–Kier alpha value is -1.88. The first-order chi connectivity index (χ1) is 9.10. The van der Waals surface area contributed by atoms with Crippen molar-refractivity contribution in [3.05, 3.63) is 52.1 Å². The third kappa shape index (κ3) is 3.32. The van der Waals surface area contributed by atoms with Crippen LogP contribution in [-0.4, -0.2) is 10.9 Å². The van der Waals surface area contributed by atoms with E-state index in [-0.39, 0.29) is 5.91 Å². The summed E-state index contributed by atoms with van der Waals surface area (Å²) in [5, 5.41) is 2.89. The average molecular weight is 320 g/mol. The predicted molar refractivity (Wildman–Crippen MR) is 80.1 cm³/mol. The van der Waals surface area contributed by atoms with Gasteiger partial charge in [0.05, 0.1) is 0 Å². The number of carbonyl (C=O) groups is 1. The molecule has 19 heavy (non-hydrogen) atoms. The van der Waals surface area contributed by atoms with Gasteiger partial charge in [-0.25, -0.2) is 4.98 Å². The molecule has 0 saturated heterocycles. The van der Waals surface area contributed by atoms with E-state index in [1.807, 2.05) is 25.1 Å². The van der Waals surface area contributed by atoms with Crippen molar-refractivity contribution in [1.82, 2.24) is 4.98 Å². The van der Waals surface area contributed by atoms with Gasteiger partial charge in [-0.15, -0.1) is 0 Å². The summed E-state index contributed by atoms with van der Waals surface area (Å²) >= 11 is 3.42. The van der Waals surface area contributed by atoms with E-state index < -0.39 is 0 Å². The van der Waals surface area contributed by atoms with Gasteiger partial charge in [0.15, 0.2) is 0 Å². The molecule has 0 saturated carbocycles. The monoisotopic (exact) mass is 319 g/mol. The van der Waals surface area contributed by atoms with Crippen LogP contribution in [0.3, 0.4) is 0 Å². The van der Waals surface area contributed by atoms with Crippen LogP contribution in [0.25, 0.3) is 0 Å². The fourth-order valence-electron chi connectivity index (χ4n) is 1.76. The summed E-state index contributed by atoms with van der Waals surface area (Å²) in [5.41, 5.74) is 7.95. The Balaban J connectivity index is 2.24. The summed E-state index contributed by atoms with van der Waals surface area (Å²) in [6.07, 6.45) is 2.36. The number of halogens is 1. The molecule has 1 aromatic heterocycles. The van der Waals surface area contributed by atoms with Crippen LogP contribution >= 0.6 is 15.9 Å². The molecule has 0 bridgehead atoms. The number of hydrogen-bond acceptors (Lipinski definition) is 3. The average Bonchev–Trinajstić information content (AvgIpc) is 2.40. The highest BCUT2D eigenvalue weighted by atomic mass is 79.9. The van der Waals surface area contributed by atoms with Crippen LogP contribution in [0.2, 0.25) is 0 Å². The molecule has 4 nitrogen and oxygen atoms in total. The Kier molecular flexibility index (Phi) is 4.16. The summed E-state index contributed by atoms with van der Waals surface area (Å²) < 4.78 is 0.996. The molecule has 2 rings (SSSR count). The van der Waals surface area contributed by atoms with Crippen molar-refractivity contribution >= 4 is 33.3 Å². The van der Waals surface area contributed by atoms with Gasteiger partial charge in [-0.3, -0.25) is 4.79 Å². The van der Waals surface area contributed by atoms with Crippen molar-refractivity contribution in [1.29, 1.82) is 0 Å². The highest BCUT2D eigenvalue weighted by Crippen LogP contribution is 2.22. The lowest BCUT2D eigenvalue weighted by Crippen LogP contribution is -2.13. The number of aromatic nitrogens is 1. The first-order valence-corrected chi connectivity index (χ1v) is 6.70. The number of nitrogens with zero attached hydrogens (tertiary/aromatic N) is 1. The number of nitrogen functional groups attached to an aromatic ring is 1. The minimum Gasteiger partial charge on any atom is -0.384 e. The zero-order valence-electron chi connectivity index (χ0n) is 10.5. The van der Waals surface area contributed by atoms with Crippen molar-refractivity contribution in [3.63, 3.8) is 0 Å². The lowest BCUT2D eigenvalue weighted by Gasteiger charge is -2.10. The molecule has 0 fully saturated rings. The highest BCUT2D eigenvalue weighted by Gasteiger charge is 2.09. The van der Waals surface area contributed by atoms with Crippen molar-refractivity contribution in [2.45, 2.75) is 13.3 Å². The van der Waals surface area contributed by atoms with Crippen LogP contribution < -0.4 is 11.1 Å². The Morgan fingerprint density at radius 2 is 2.16 bits per heavy atom. The second kappa shape index (κ2) is 5.84. The van der Waals surface area contributed by atoms with Crippen LogP contribution in [0.1, 0.15) is 22.8 Å². The van der Waals surface area contributed by atoms with Gasteiger partial charge >= 0.3 is 0 Å². The number of nitrogens with two attached hydrogens (primary N) is 1. The first kappa shape index (κ1) is 13.5. The Bertz CT molecular complexity index is 613. The van der Waals surface area contributed by atoms with Gasteiger partial charge in [0, 0.05) is 21.9 Å². The fourth-order valence-corrected chi connectivity index (χ4v) is 2.17. The lowest BCUT2D eigenvalue weighted by molar-refractivity contribution is 0.102. The van der Waals surface area contributed by atoms with Gasteiger partial charge in [-0.1, -0.05) is 22.9 Å². The molecule has 1 heterocycles. The molecule has 0 aliphatic rings. The van der Waals surface area contributed by atoms with Crippen molar-refractivity contribution in [2.75, 3.05) is 11.1 Å². The molecule has 0 unspecified atom stereocenters. The van der Waals surface area contributed by atoms with Crippen LogP contribution in [0.15, 0.2) is 41.0 Å². The smallest absolute Gasteiger partial charge is 0.255 e. The topological polar surface area (TPSA) is 68.0 Å². The molecule has 0 aliphatic heterocycles. The zero-order chi connectivity index (χ0) is 13.8. The van der Waals surface area contributed by atoms with E-state index in [1.165, 1.54) is 6.20 Å². The number of carbonyl (C=O) groups excluding carboxylic acids is 1. The van der Waals surface area contributed by atoms with Gasteiger partial charge in [-0.2, -0.15) is 0 Å². The summed E-state index contributed by atoms with van der Waals surface area (Å²) in [5.74, 6) is 0.144. The maximum Gasteiger partial charge on any atom is 0.255 e. The zero-order valence-corrected chi connectivity index (χ0v) is 12.1. The summed E-state index contributed by atoms with van der Waals surface area (Å²) in [4.78, 5) is 16.0. The second-order valence-corrected chi connectivity index (χ2v) is 4.99. The van der Waals surface area contributed by atoms with Crippen LogP contribution in [-0.2, 0) is 6.42 Å². The van der Waals surface area contributed by atoms with Gasteiger partial charge in [-0.05, 0) is 42.3 Å². The molecule has 2 aromatic rings. The molecule has 0 spiro atoms. The van der Waals surface area contributed by atoms with Gasteiger partial charge in [0.2, 0.25) is 0 Å². The fraction of sp³-hybridized carbons (Fsp3) is 0.143.